The predicted molar refractivity (Wildman–Crippen MR) is 90.1 cm³/mol. The van der Waals surface area contributed by atoms with Gasteiger partial charge in [0.25, 0.3) is 10.0 Å². The second kappa shape index (κ2) is 7.25. The molecule has 0 fully saturated rings. The lowest BCUT2D eigenvalue weighted by atomic mass is 10.2. The van der Waals surface area contributed by atoms with Crippen LogP contribution in [-0.4, -0.2) is 14.2 Å². The highest BCUT2D eigenvalue weighted by Gasteiger charge is 2.34. The highest BCUT2D eigenvalue weighted by atomic mass is 35.5. The van der Waals surface area contributed by atoms with Crippen LogP contribution in [0.25, 0.3) is 0 Å². The van der Waals surface area contributed by atoms with Gasteiger partial charge in [-0.2, -0.15) is 13.2 Å². The minimum Gasteiger partial charge on any atom is -0.280 e. The lowest BCUT2D eigenvalue weighted by Crippen LogP contribution is -2.15. The van der Waals surface area contributed by atoms with Gasteiger partial charge in [-0.05, 0) is 48.2 Å². The molecule has 1 N–H and O–H groups in total. The molecule has 0 amide bonds. The van der Waals surface area contributed by atoms with Crippen molar-refractivity contribution in [2.45, 2.75) is 22.9 Å². The van der Waals surface area contributed by atoms with Gasteiger partial charge in [0, 0.05) is 10.6 Å². The molecular formula is C15H13ClF3NO2S2. The van der Waals surface area contributed by atoms with E-state index < -0.39 is 31.7 Å². The van der Waals surface area contributed by atoms with Crippen LogP contribution in [0.2, 0.25) is 5.02 Å². The molecule has 3 nitrogen and oxygen atoms in total. The third-order valence-corrected chi connectivity index (χ3v) is 5.57. The number of hydrogen-bond acceptors (Lipinski definition) is 3. The Bertz CT molecular complexity index is 822. The highest BCUT2D eigenvalue weighted by molar-refractivity contribution is 7.99. The van der Waals surface area contributed by atoms with E-state index in [2.05, 4.69) is 4.72 Å². The van der Waals surface area contributed by atoms with Crippen LogP contribution in [0.1, 0.15) is 12.5 Å². The fraction of sp³-hybridized carbons (Fsp3) is 0.200. The average Bonchev–Trinajstić information content (AvgIpc) is 2.48. The minimum atomic E-state index is -4.73. The first-order valence-electron chi connectivity index (χ1n) is 6.76. The van der Waals surface area contributed by atoms with Gasteiger partial charge in [0.15, 0.2) is 0 Å². The summed E-state index contributed by atoms with van der Waals surface area (Å²) in [7, 11) is -4.15. The van der Waals surface area contributed by atoms with Crippen LogP contribution in [0.3, 0.4) is 0 Å². The van der Waals surface area contributed by atoms with Crippen molar-refractivity contribution in [2.75, 3.05) is 10.5 Å². The molecule has 0 unspecified atom stereocenters. The van der Waals surface area contributed by atoms with E-state index in [4.69, 9.17) is 11.6 Å². The average molecular weight is 396 g/mol. The number of benzene rings is 2. The molecule has 0 saturated carbocycles. The summed E-state index contributed by atoms with van der Waals surface area (Å²) in [5.41, 5.74) is -0.930. The molecule has 130 valence electrons. The normalized spacial score (nSPS) is 12.2. The highest BCUT2D eigenvalue weighted by Crippen LogP contribution is 2.36. The molecule has 24 heavy (non-hydrogen) atoms. The molecule has 0 aromatic heterocycles. The van der Waals surface area contributed by atoms with E-state index in [-0.39, 0.29) is 5.69 Å². The smallest absolute Gasteiger partial charge is 0.280 e. The molecule has 2 aromatic carbocycles. The van der Waals surface area contributed by atoms with E-state index in [1.807, 2.05) is 6.92 Å². The molecule has 2 rings (SSSR count). The zero-order valence-corrected chi connectivity index (χ0v) is 14.8. The fourth-order valence-electron chi connectivity index (χ4n) is 1.89. The van der Waals surface area contributed by atoms with Crippen molar-refractivity contribution in [3.63, 3.8) is 0 Å². The molecule has 9 heteroatoms. The first kappa shape index (κ1) is 19.0. The molecule has 0 bridgehead atoms. The molecule has 0 aliphatic carbocycles. The van der Waals surface area contributed by atoms with Crippen molar-refractivity contribution in [3.8, 4) is 0 Å². The number of rotatable bonds is 5. The van der Waals surface area contributed by atoms with Crippen molar-refractivity contribution in [2.24, 2.45) is 0 Å². The SMILES string of the molecule is CCSc1ccc(NS(=O)(=O)c2ccc(Cl)c(C(F)(F)F)c2)cc1. The van der Waals surface area contributed by atoms with E-state index >= 15 is 0 Å². The van der Waals surface area contributed by atoms with E-state index in [1.54, 1.807) is 36.0 Å². The Morgan fingerprint density at radius 3 is 2.29 bits per heavy atom. The van der Waals surface area contributed by atoms with Gasteiger partial charge in [-0.1, -0.05) is 18.5 Å². The standard InChI is InChI=1S/C15H13ClF3NO2S2/c1-2-23-11-5-3-10(4-6-11)20-24(21,22)12-7-8-14(16)13(9-12)15(17,18)19/h3-9,20H,2H2,1H3. The Balaban J connectivity index is 2.30. The van der Waals surface area contributed by atoms with E-state index in [9.17, 15) is 21.6 Å². The van der Waals surface area contributed by atoms with Crippen LogP contribution in [0, 0.1) is 0 Å². The third-order valence-electron chi connectivity index (χ3n) is 2.97. The topological polar surface area (TPSA) is 46.2 Å². The maximum atomic E-state index is 12.9. The summed E-state index contributed by atoms with van der Waals surface area (Å²) >= 11 is 7.09. The summed E-state index contributed by atoms with van der Waals surface area (Å²) in [6, 6.07) is 9.03. The van der Waals surface area contributed by atoms with Gasteiger partial charge >= 0.3 is 6.18 Å². The van der Waals surface area contributed by atoms with Gasteiger partial charge in [-0.25, -0.2) is 8.42 Å². The van der Waals surface area contributed by atoms with E-state index in [0.717, 1.165) is 22.8 Å². The monoisotopic (exact) mass is 395 g/mol. The molecule has 2 aromatic rings. The molecule has 0 saturated heterocycles. The number of alkyl halides is 3. The van der Waals surface area contributed by atoms with Gasteiger partial charge in [0.2, 0.25) is 0 Å². The zero-order chi connectivity index (χ0) is 18.0. The maximum absolute atomic E-state index is 12.9. The van der Waals surface area contributed by atoms with Crippen LogP contribution in [0.4, 0.5) is 18.9 Å². The molecule has 0 aliphatic heterocycles. The van der Waals surface area contributed by atoms with Gasteiger partial charge < -0.3 is 0 Å². The largest absolute Gasteiger partial charge is 0.417 e. The van der Waals surface area contributed by atoms with Crippen molar-refractivity contribution in [1.29, 1.82) is 0 Å². The summed E-state index contributed by atoms with van der Waals surface area (Å²) in [4.78, 5) is 0.456. The van der Waals surface area contributed by atoms with E-state index in [0.29, 0.717) is 6.07 Å². The number of hydrogen-bond donors (Lipinski definition) is 1. The molecule has 0 aliphatic rings. The summed E-state index contributed by atoms with van der Waals surface area (Å²) in [5.74, 6) is 0.871. The Hall–Kier alpha value is -1.38. The van der Waals surface area contributed by atoms with Crippen molar-refractivity contribution < 1.29 is 21.6 Å². The fourth-order valence-corrected chi connectivity index (χ4v) is 3.86. The van der Waals surface area contributed by atoms with Crippen LogP contribution in [-0.2, 0) is 16.2 Å². The van der Waals surface area contributed by atoms with Crippen LogP contribution >= 0.6 is 23.4 Å². The maximum Gasteiger partial charge on any atom is 0.417 e. The summed E-state index contributed by atoms with van der Waals surface area (Å²) < 4.78 is 65.4. The van der Waals surface area contributed by atoms with Crippen molar-refractivity contribution in [3.05, 3.63) is 53.1 Å². The summed E-state index contributed by atoms with van der Waals surface area (Å²) in [5, 5.41) is -0.553. The molecule has 0 spiro atoms. The minimum absolute atomic E-state index is 0.263. The first-order valence-corrected chi connectivity index (χ1v) is 9.60. The number of sulfonamides is 1. The molecule has 0 atom stereocenters. The second-order valence-electron chi connectivity index (χ2n) is 4.70. The van der Waals surface area contributed by atoms with Crippen molar-refractivity contribution in [1.82, 2.24) is 0 Å². The van der Waals surface area contributed by atoms with Crippen LogP contribution in [0.15, 0.2) is 52.3 Å². The second-order valence-corrected chi connectivity index (χ2v) is 8.13. The lowest BCUT2D eigenvalue weighted by molar-refractivity contribution is -0.137. The molecule has 0 heterocycles. The first-order chi connectivity index (χ1) is 11.1. The van der Waals surface area contributed by atoms with Gasteiger partial charge in [0.1, 0.15) is 0 Å². The van der Waals surface area contributed by atoms with Gasteiger partial charge in [-0.3, -0.25) is 4.72 Å². The van der Waals surface area contributed by atoms with Gasteiger partial charge in [-0.15, -0.1) is 11.8 Å². The predicted octanol–water partition coefficient (Wildman–Crippen LogP) is 5.27. The quantitative estimate of drug-likeness (QED) is 0.701. The number of halogens is 4. The van der Waals surface area contributed by atoms with E-state index in [1.165, 1.54) is 0 Å². The lowest BCUT2D eigenvalue weighted by Gasteiger charge is -2.12. The zero-order valence-electron chi connectivity index (χ0n) is 12.4. The number of anilines is 1. The Morgan fingerprint density at radius 1 is 1.12 bits per heavy atom. The number of nitrogens with one attached hydrogen (secondary N) is 1. The number of thioether (sulfide) groups is 1. The van der Waals surface area contributed by atoms with Crippen LogP contribution in [0.5, 0.6) is 0 Å². The summed E-state index contributed by atoms with van der Waals surface area (Å²) in [6.07, 6.45) is -4.73. The van der Waals surface area contributed by atoms with Gasteiger partial charge in [0.05, 0.1) is 15.5 Å². The Kier molecular flexibility index (Phi) is 5.72. The van der Waals surface area contributed by atoms with Crippen LogP contribution < -0.4 is 4.72 Å². The Morgan fingerprint density at radius 2 is 1.75 bits per heavy atom. The molecular weight excluding hydrogens is 383 g/mol. The van der Waals surface area contributed by atoms with Crippen molar-refractivity contribution >= 4 is 39.1 Å². The third kappa shape index (κ3) is 4.58. The molecule has 0 radical (unpaired) electrons. The summed E-state index contributed by atoms with van der Waals surface area (Å²) in [6.45, 7) is 1.99. The Labute approximate surface area is 147 Å².